The van der Waals surface area contributed by atoms with Gasteiger partial charge in [0, 0.05) is 18.4 Å². The van der Waals surface area contributed by atoms with Gasteiger partial charge < -0.3 is 4.79 Å². The molecule has 0 aliphatic rings. The number of carbonyl (C=O) groups is 1. The Morgan fingerprint density at radius 3 is 2.76 bits per heavy atom. The molecule has 0 saturated carbocycles. The van der Waals surface area contributed by atoms with E-state index in [9.17, 15) is 18.0 Å². The summed E-state index contributed by atoms with van der Waals surface area (Å²) in [5, 5.41) is 0.0865. The van der Waals surface area contributed by atoms with Gasteiger partial charge in [0.1, 0.15) is 11.5 Å². The van der Waals surface area contributed by atoms with Crippen LogP contribution in [0.1, 0.15) is 25.5 Å². The smallest absolute Gasteiger partial charge is 0.300 e. The van der Waals surface area contributed by atoms with E-state index >= 15 is 0 Å². The SMILES string of the molecule is CC(=O)CCCSc1nccc(C(F)(F)F)n1. The molecule has 1 aromatic rings. The molecule has 0 aliphatic heterocycles. The number of hydrogen-bond donors (Lipinski definition) is 0. The van der Waals surface area contributed by atoms with Crippen molar-refractivity contribution in [3.05, 3.63) is 18.0 Å². The first-order valence-corrected chi connectivity index (χ1v) is 5.90. The topological polar surface area (TPSA) is 42.9 Å². The zero-order valence-corrected chi connectivity index (χ0v) is 9.94. The first-order chi connectivity index (χ1) is 7.89. The summed E-state index contributed by atoms with van der Waals surface area (Å²) in [4.78, 5) is 17.8. The second-order valence-electron chi connectivity index (χ2n) is 3.38. The fourth-order valence-electron chi connectivity index (χ4n) is 1.05. The summed E-state index contributed by atoms with van der Waals surface area (Å²) in [5.74, 6) is 0.594. The molecule has 0 bridgehead atoms. The summed E-state index contributed by atoms with van der Waals surface area (Å²) in [6.45, 7) is 1.48. The normalized spacial score (nSPS) is 11.5. The molecule has 0 spiro atoms. The van der Waals surface area contributed by atoms with Crippen molar-refractivity contribution in [2.75, 3.05) is 5.75 Å². The summed E-state index contributed by atoms with van der Waals surface area (Å²) in [5.41, 5.74) is -0.943. The van der Waals surface area contributed by atoms with E-state index in [1.165, 1.54) is 6.92 Å². The first kappa shape index (κ1) is 14.0. The van der Waals surface area contributed by atoms with Gasteiger partial charge in [0.25, 0.3) is 0 Å². The maximum absolute atomic E-state index is 12.3. The van der Waals surface area contributed by atoms with Gasteiger partial charge in [-0.2, -0.15) is 13.2 Å². The van der Waals surface area contributed by atoms with E-state index in [2.05, 4.69) is 9.97 Å². The Morgan fingerprint density at radius 2 is 2.18 bits per heavy atom. The van der Waals surface area contributed by atoms with Gasteiger partial charge in [-0.1, -0.05) is 11.8 Å². The number of halogens is 3. The monoisotopic (exact) mass is 264 g/mol. The molecule has 17 heavy (non-hydrogen) atoms. The Bertz CT molecular complexity index is 395. The number of rotatable bonds is 5. The van der Waals surface area contributed by atoms with E-state index in [-0.39, 0.29) is 10.9 Å². The molecule has 0 aliphatic carbocycles. The van der Waals surface area contributed by atoms with E-state index < -0.39 is 11.9 Å². The predicted octanol–water partition coefficient (Wildman–Crippen LogP) is 2.96. The zero-order chi connectivity index (χ0) is 12.9. The quantitative estimate of drug-likeness (QED) is 0.466. The summed E-state index contributed by atoms with van der Waals surface area (Å²) in [6, 6.07) is 0.833. The molecule has 0 N–H and O–H groups in total. The molecule has 94 valence electrons. The lowest BCUT2D eigenvalue weighted by molar-refractivity contribution is -0.141. The Balaban J connectivity index is 2.52. The van der Waals surface area contributed by atoms with Crippen LogP contribution in [0.2, 0.25) is 0 Å². The lowest BCUT2D eigenvalue weighted by atomic mass is 10.3. The Kier molecular flexibility index (Phi) is 4.92. The second kappa shape index (κ2) is 6.00. The number of hydrogen-bond acceptors (Lipinski definition) is 4. The molecule has 0 unspecified atom stereocenters. The van der Waals surface area contributed by atoms with E-state index in [0.717, 1.165) is 24.0 Å². The third-order valence-electron chi connectivity index (χ3n) is 1.83. The van der Waals surface area contributed by atoms with Crippen LogP contribution >= 0.6 is 11.8 Å². The number of ketones is 1. The summed E-state index contributed by atoms with van der Waals surface area (Å²) in [7, 11) is 0. The minimum atomic E-state index is -4.45. The average molecular weight is 264 g/mol. The van der Waals surface area contributed by atoms with Crippen molar-refractivity contribution in [2.24, 2.45) is 0 Å². The van der Waals surface area contributed by atoms with E-state index in [1.807, 2.05) is 0 Å². The van der Waals surface area contributed by atoms with Crippen molar-refractivity contribution < 1.29 is 18.0 Å². The van der Waals surface area contributed by atoms with Gasteiger partial charge in [0.15, 0.2) is 5.16 Å². The minimum absolute atomic E-state index is 0.0653. The highest BCUT2D eigenvalue weighted by molar-refractivity contribution is 7.99. The van der Waals surface area contributed by atoms with E-state index in [0.29, 0.717) is 18.6 Å². The van der Waals surface area contributed by atoms with Gasteiger partial charge in [-0.05, 0) is 19.4 Å². The van der Waals surface area contributed by atoms with Gasteiger partial charge >= 0.3 is 6.18 Å². The highest BCUT2D eigenvalue weighted by Gasteiger charge is 2.32. The highest BCUT2D eigenvalue weighted by atomic mass is 32.2. The first-order valence-electron chi connectivity index (χ1n) is 4.92. The van der Waals surface area contributed by atoms with Crippen LogP contribution in [0.5, 0.6) is 0 Å². The van der Waals surface area contributed by atoms with Gasteiger partial charge in [-0.15, -0.1) is 0 Å². The lowest BCUT2D eigenvalue weighted by Gasteiger charge is -2.06. The number of alkyl halides is 3. The van der Waals surface area contributed by atoms with E-state index in [1.54, 1.807) is 0 Å². The molecule has 7 heteroatoms. The number of thioether (sulfide) groups is 1. The minimum Gasteiger partial charge on any atom is -0.300 e. The van der Waals surface area contributed by atoms with Gasteiger partial charge in [0.05, 0.1) is 0 Å². The number of Topliss-reactive ketones (excluding diaryl/α,β-unsaturated/α-hetero) is 1. The van der Waals surface area contributed by atoms with Crippen LogP contribution in [0.15, 0.2) is 17.4 Å². The fraction of sp³-hybridized carbons (Fsp3) is 0.500. The van der Waals surface area contributed by atoms with Crippen molar-refractivity contribution in [1.29, 1.82) is 0 Å². The van der Waals surface area contributed by atoms with Gasteiger partial charge in [-0.3, -0.25) is 0 Å². The second-order valence-corrected chi connectivity index (χ2v) is 4.44. The molecule has 3 nitrogen and oxygen atoms in total. The van der Waals surface area contributed by atoms with Gasteiger partial charge in [0.2, 0.25) is 0 Å². The van der Waals surface area contributed by atoms with Crippen molar-refractivity contribution in [1.82, 2.24) is 9.97 Å². The molecule has 1 aromatic heterocycles. The number of aromatic nitrogens is 2. The Labute approximate surface area is 101 Å². The largest absolute Gasteiger partial charge is 0.433 e. The summed E-state index contributed by atoms with van der Waals surface area (Å²) < 4.78 is 37.0. The van der Waals surface area contributed by atoms with Crippen LogP contribution in [0.25, 0.3) is 0 Å². The molecular weight excluding hydrogens is 253 g/mol. The highest BCUT2D eigenvalue weighted by Crippen LogP contribution is 2.28. The van der Waals surface area contributed by atoms with Crippen molar-refractivity contribution in [2.45, 2.75) is 31.1 Å². The Hall–Kier alpha value is -1.11. The predicted molar refractivity (Wildman–Crippen MR) is 57.7 cm³/mol. The molecule has 0 fully saturated rings. The molecule has 0 amide bonds. The van der Waals surface area contributed by atoms with Crippen LogP contribution in [-0.4, -0.2) is 21.5 Å². The third kappa shape index (κ3) is 5.16. The van der Waals surface area contributed by atoms with Crippen LogP contribution in [-0.2, 0) is 11.0 Å². The van der Waals surface area contributed by atoms with Crippen LogP contribution in [0, 0.1) is 0 Å². The molecule has 1 rings (SSSR count). The van der Waals surface area contributed by atoms with Crippen LogP contribution < -0.4 is 0 Å². The molecule has 0 atom stereocenters. The molecule has 0 saturated heterocycles. The molecule has 1 heterocycles. The molecule has 0 radical (unpaired) electrons. The fourth-order valence-corrected chi connectivity index (χ4v) is 1.82. The summed E-state index contributed by atoms with van der Waals surface area (Å²) >= 11 is 1.12. The van der Waals surface area contributed by atoms with E-state index in [4.69, 9.17) is 0 Å². The third-order valence-corrected chi connectivity index (χ3v) is 2.78. The van der Waals surface area contributed by atoms with Crippen molar-refractivity contribution in [3.8, 4) is 0 Å². The number of nitrogens with zero attached hydrogens (tertiary/aromatic N) is 2. The Morgan fingerprint density at radius 1 is 1.47 bits per heavy atom. The van der Waals surface area contributed by atoms with Crippen molar-refractivity contribution in [3.63, 3.8) is 0 Å². The molecule has 0 aromatic carbocycles. The maximum Gasteiger partial charge on any atom is 0.433 e. The lowest BCUT2D eigenvalue weighted by Crippen LogP contribution is -2.08. The van der Waals surface area contributed by atoms with Crippen molar-refractivity contribution >= 4 is 17.5 Å². The maximum atomic E-state index is 12.3. The van der Waals surface area contributed by atoms with Crippen LogP contribution in [0.3, 0.4) is 0 Å². The van der Waals surface area contributed by atoms with Crippen LogP contribution in [0.4, 0.5) is 13.2 Å². The standard InChI is InChI=1S/C10H11F3N2OS/c1-7(16)3-2-6-17-9-14-5-4-8(15-9)10(11,12)13/h4-5H,2-3,6H2,1H3. The summed E-state index contributed by atoms with van der Waals surface area (Å²) in [6.07, 6.45) is -2.33. The van der Waals surface area contributed by atoms with Gasteiger partial charge in [-0.25, -0.2) is 9.97 Å². The number of carbonyl (C=O) groups excluding carboxylic acids is 1. The zero-order valence-electron chi connectivity index (χ0n) is 9.12. The average Bonchev–Trinajstić information content (AvgIpc) is 2.23. The molecular formula is C10H11F3N2OS.